The molecule has 0 aliphatic carbocycles. The van der Waals surface area contributed by atoms with Crippen molar-refractivity contribution in [2.45, 2.75) is 11.8 Å². The minimum Gasteiger partial charge on any atom is -0.454 e. The van der Waals surface area contributed by atoms with Crippen molar-refractivity contribution in [2.24, 2.45) is 0 Å². The minimum atomic E-state index is -0.609. The number of Topliss-reactive ketones (excluding diaryl/α,β-unsaturated/α-hetero) is 1. The molecule has 0 unspecified atom stereocenters. The van der Waals surface area contributed by atoms with Crippen molar-refractivity contribution in [3.63, 3.8) is 0 Å². The Bertz CT molecular complexity index is 772. The molecule has 0 spiro atoms. The lowest BCUT2D eigenvalue weighted by Crippen LogP contribution is -2.15. The van der Waals surface area contributed by atoms with Crippen LogP contribution in [0.15, 0.2) is 53.4 Å². The molecule has 26 heavy (non-hydrogen) atoms. The molecule has 0 bridgehead atoms. The quantitative estimate of drug-likeness (QED) is 0.448. The first-order valence-electron chi connectivity index (χ1n) is 7.91. The number of esters is 1. The van der Waals surface area contributed by atoms with Gasteiger partial charge >= 0.3 is 12.1 Å². The highest BCUT2D eigenvalue weighted by atomic mass is 32.2. The first-order chi connectivity index (χ1) is 12.5. The average Bonchev–Trinajstić information content (AvgIpc) is 2.66. The highest BCUT2D eigenvalue weighted by Gasteiger charge is 2.12. The van der Waals surface area contributed by atoms with E-state index in [1.807, 2.05) is 18.4 Å². The number of thioether (sulfide) groups is 1. The van der Waals surface area contributed by atoms with Gasteiger partial charge in [0.1, 0.15) is 0 Å². The highest BCUT2D eigenvalue weighted by molar-refractivity contribution is 7.98. The molecule has 0 heterocycles. The smallest absolute Gasteiger partial charge is 0.411 e. The standard InChI is InChI=1S/C19H19NO5S/c1-3-24-19(23)20-15-8-4-14(5-9-15)18(22)25-12-17(21)13-6-10-16(26-2)11-7-13/h4-11H,3,12H2,1-2H3,(H,20,23). The van der Waals surface area contributed by atoms with Crippen molar-refractivity contribution in [1.29, 1.82) is 0 Å². The summed E-state index contributed by atoms with van der Waals surface area (Å²) in [5, 5.41) is 2.52. The molecule has 2 aromatic carbocycles. The molecule has 0 saturated heterocycles. The van der Waals surface area contributed by atoms with Crippen LogP contribution in [0.4, 0.5) is 10.5 Å². The first-order valence-corrected chi connectivity index (χ1v) is 9.14. The van der Waals surface area contributed by atoms with Crippen LogP contribution in [0, 0.1) is 0 Å². The molecular formula is C19H19NO5S. The van der Waals surface area contributed by atoms with E-state index in [2.05, 4.69) is 5.32 Å². The summed E-state index contributed by atoms with van der Waals surface area (Å²) >= 11 is 1.58. The maximum absolute atomic E-state index is 12.1. The Balaban J connectivity index is 1.88. The Morgan fingerprint density at radius 3 is 2.12 bits per heavy atom. The molecule has 1 amide bonds. The van der Waals surface area contributed by atoms with Crippen LogP contribution in [0.1, 0.15) is 27.6 Å². The van der Waals surface area contributed by atoms with Gasteiger partial charge in [-0.15, -0.1) is 11.8 Å². The van der Waals surface area contributed by atoms with Gasteiger partial charge in [-0.2, -0.15) is 0 Å². The zero-order chi connectivity index (χ0) is 18.9. The number of anilines is 1. The van der Waals surface area contributed by atoms with E-state index in [-0.39, 0.29) is 24.6 Å². The second kappa shape index (κ2) is 9.62. The van der Waals surface area contributed by atoms with Gasteiger partial charge < -0.3 is 9.47 Å². The van der Waals surface area contributed by atoms with Crippen molar-refractivity contribution in [3.05, 3.63) is 59.7 Å². The molecule has 2 rings (SSSR count). The Morgan fingerprint density at radius 2 is 1.54 bits per heavy atom. The van der Waals surface area contributed by atoms with Gasteiger partial charge in [-0.3, -0.25) is 10.1 Å². The van der Waals surface area contributed by atoms with Crippen molar-refractivity contribution < 1.29 is 23.9 Å². The Morgan fingerprint density at radius 1 is 0.923 bits per heavy atom. The van der Waals surface area contributed by atoms with E-state index in [0.29, 0.717) is 11.3 Å². The number of rotatable bonds is 7. The van der Waals surface area contributed by atoms with E-state index >= 15 is 0 Å². The third-order valence-electron chi connectivity index (χ3n) is 3.39. The van der Waals surface area contributed by atoms with E-state index in [4.69, 9.17) is 9.47 Å². The molecule has 0 atom stereocenters. The fourth-order valence-electron chi connectivity index (χ4n) is 2.05. The normalized spacial score (nSPS) is 10.1. The molecule has 0 aromatic heterocycles. The van der Waals surface area contributed by atoms with Gasteiger partial charge in [0, 0.05) is 16.1 Å². The topological polar surface area (TPSA) is 81.7 Å². The molecule has 7 heteroatoms. The summed E-state index contributed by atoms with van der Waals surface area (Å²) in [6, 6.07) is 13.2. The lowest BCUT2D eigenvalue weighted by molar-refractivity contribution is 0.0475. The van der Waals surface area contributed by atoms with E-state index in [1.165, 1.54) is 12.1 Å². The lowest BCUT2D eigenvalue weighted by Gasteiger charge is -2.07. The molecule has 6 nitrogen and oxygen atoms in total. The zero-order valence-corrected chi connectivity index (χ0v) is 15.3. The average molecular weight is 373 g/mol. The summed E-state index contributed by atoms with van der Waals surface area (Å²) in [6.07, 6.45) is 1.38. The van der Waals surface area contributed by atoms with Crippen molar-refractivity contribution >= 4 is 35.3 Å². The van der Waals surface area contributed by atoms with Gasteiger partial charge in [0.25, 0.3) is 0 Å². The summed E-state index contributed by atoms with van der Waals surface area (Å²) in [4.78, 5) is 36.5. The van der Waals surface area contributed by atoms with Gasteiger partial charge in [-0.1, -0.05) is 12.1 Å². The summed E-state index contributed by atoms with van der Waals surface area (Å²) < 4.78 is 9.82. The van der Waals surface area contributed by atoms with Crippen molar-refractivity contribution in [3.8, 4) is 0 Å². The van der Waals surface area contributed by atoms with Crippen LogP contribution < -0.4 is 5.32 Å². The van der Waals surface area contributed by atoms with Crippen LogP contribution in [-0.2, 0) is 9.47 Å². The van der Waals surface area contributed by atoms with Crippen LogP contribution in [0.5, 0.6) is 0 Å². The van der Waals surface area contributed by atoms with Crippen LogP contribution in [-0.4, -0.2) is 37.3 Å². The van der Waals surface area contributed by atoms with Crippen LogP contribution >= 0.6 is 11.8 Å². The van der Waals surface area contributed by atoms with Gasteiger partial charge in [-0.25, -0.2) is 9.59 Å². The predicted octanol–water partition coefficient (Wildman–Crippen LogP) is 4.02. The number of nitrogens with one attached hydrogen (secondary N) is 1. The van der Waals surface area contributed by atoms with Crippen molar-refractivity contribution in [1.82, 2.24) is 0 Å². The van der Waals surface area contributed by atoms with Crippen LogP contribution in [0.25, 0.3) is 0 Å². The number of ether oxygens (including phenoxy) is 2. The minimum absolute atomic E-state index is 0.268. The van der Waals surface area contributed by atoms with E-state index in [9.17, 15) is 14.4 Å². The maximum atomic E-state index is 12.1. The predicted molar refractivity (Wildman–Crippen MR) is 99.9 cm³/mol. The number of carbonyl (C=O) groups is 3. The number of hydrogen-bond donors (Lipinski definition) is 1. The van der Waals surface area contributed by atoms with E-state index in [0.717, 1.165) is 4.90 Å². The molecule has 136 valence electrons. The molecule has 0 saturated carbocycles. The first kappa shape index (κ1) is 19.5. The van der Waals surface area contributed by atoms with E-state index < -0.39 is 12.1 Å². The number of hydrogen-bond acceptors (Lipinski definition) is 6. The molecule has 1 N–H and O–H groups in total. The van der Waals surface area contributed by atoms with E-state index in [1.54, 1.807) is 43.0 Å². The maximum Gasteiger partial charge on any atom is 0.411 e. The summed E-state index contributed by atoms with van der Waals surface area (Å²) in [5.74, 6) is -0.881. The van der Waals surface area contributed by atoms with Crippen LogP contribution in [0.3, 0.4) is 0 Å². The summed E-state index contributed by atoms with van der Waals surface area (Å²) in [6.45, 7) is 1.64. The highest BCUT2D eigenvalue weighted by Crippen LogP contribution is 2.15. The Labute approximate surface area is 155 Å². The zero-order valence-electron chi connectivity index (χ0n) is 14.5. The largest absolute Gasteiger partial charge is 0.454 e. The third-order valence-corrected chi connectivity index (χ3v) is 4.13. The number of benzene rings is 2. The second-order valence-corrected chi connectivity index (χ2v) is 6.03. The number of carbonyl (C=O) groups excluding carboxylic acids is 3. The number of amides is 1. The van der Waals surface area contributed by atoms with Gasteiger partial charge in [-0.05, 0) is 49.6 Å². The Kier molecular flexibility index (Phi) is 7.23. The fraction of sp³-hybridized carbons (Fsp3) is 0.211. The molecule has 0 aliphatic rings. The van der Waals surface area contributed by atoms with Gasteiger partial charge in [0.2, 0.25) is 0 Å². The Hall–Kier alpha value is -2.80. The summed E-state index contributed by atoms with van der Waals surface area (Å²) in [7, 11) is 0. The third kappa shape index (κ3) is 5.63. The monoisotopic (exact) mass is 373 g/mol. The van der Waals surface area contributed by atoms with Crippen LogP contribution in [0.2, 0.25) is 0 Å². The molecule has 0 aliphatic heterocycles. The van der Waals surface area contributed by atoms with Gasteiger partial charge in [0.05, 0.1) is 12.2 Å². The lowest BCUT2D eigenvalue weighted by atomic mass is 10.1. The fourth-order valence-corrected chi connectivity index (χ4v) is 2.46. The molecule has 0 radical (unpaired) electrons. The van der Waals surface area contributed by atoms with Crippen molar-refractivity contribution in [2.75, 3.05) is 24.8 Å². The summed E-state index contributed by atoms with van der Waals surface area (Å²) in [5.41, 5.74) is 1.26. The van der Waals surface area contributed by atoms with Gasteiger partial charge in [0.15, 0.2) is 12.4 Å². The molecular weight excluding hydrogens is 354 g/mol. The second-order valence-electron chi connectivity index (χ2n) is 5.15. The molecule has 0 fully saturated rings. The SMILES string of the molecule is CCOC(=O)Nc1ccc(C(=O)OCC(=O)c2ccc(SC)cc2)cc1. The molecule has 2 aromatic rings. The number of ketones is 1.